The summed E-state index contributed by atoms with van der Waals surface area (Å²) in [6.45, 7) is 4.81. The molecule has 0 unspecified atom stereocenters. The van der Waals surface area contributed by atoms with Crippen molar-refractivity contribution in [3.05, 3.63) is 83.2 Å². The second-order valence-electron chi connectivity index (χ2n) is 10.5. The van der Waals surface area contributed by atoms with Crippen molar-refractivity contribution in [2.45, 2.75) is 38.1 Å². The predicted molar refractivity (Wildman–Crippen MR) is 133 cm³/mol. The van der Waals surface area contributed by atoms with E-state index in [-0.39, 0.29) is 5.91 Å². The number of ether oxygens (including phenoxy) is 1. The number of rotatable bonds is 6. The number of nitrogens with zero attached hydrogens (tertiary/aromatic N) is 2. The maximum Gasteiger partial charge on any atom is 0.257 e. The molecular weight excluding hydrogens is 422 g/mol. The fourth-order valence-electron chi connectivity index (χ4n) is 6.55. The maximum atomic E-state index is 13.8. The molecule has 5 heteroatoms. The summed E-state index contributed by atoms with van der Waals surface area (Å²) >= 11 is 0. The van der Waals surface area contributed by atoms with Crippen molar-refractivity contribution in [1.29, 1.82) is 0 Å². The molecule has 34 heavy (non-hydrogen) atoms. The quantitative estimate of drug-likeness (QED) is 0.414. The Bertz CT molecular complexity index is 1180. The summed E-state index contributed by atoms with van der Waals surface area (Å²) in [5.41, 5.74) is 4.37. The first kappa shape index (κ1) is 21.5. The molecule has 1 atom stereocenters. The molecule has 1 N–H and O–H groups in total. The molecule has 5 heterocycles. The number of carbonyl (C=O) groups is 1. The van der Waals surface area contributed by atoms with Crippen LogP contribution in [-0.4, -0.2) is 59.5 Å². The van der Waals surface area contributed by atoms with Gasteiger partial charge in [-0.05, 0) is 41.7 Å². The zero-order valence-electron chi connectivity index (χ0n) is 20.0. The third-order valence-electron chi connectivity index (χ3n) is 8.54. The summed E-state index contributed by atoms with van der Waals surface area (Å²) in [6, 6.07) is 16.6. The van der Waals surface area contributed by atoms with Gasteiger partial charge in [0.1, 0.15) is 11.5 Å². The monoisotopic (exact) mass is 456 g/mol. The Morgan fingerprint density at radius 1 is 1.09 bits per heavy atom. The number of aryl methyl sites for hydroxylation is 1. The van der Waals surface area contributed by atoms with Crippen molar-refractivity contribution >= 4 is 5.91 Å². The van der Waals surface area contributed by atoms with Crippen molar-refractivity contribution in [2.75, 3.05) is 33.2 Å². The first-order valence-electron chi connectivity index (χ1n) is 12.7. The Morgan fingerprint density at radius 3 is 2.74 bits per heavy atom. The number of hydrogen-bond acceptors (Lipinski definition) is 2. The summed E-state index contributed by atoms with van der Waals surface area (Å²) < 4.78 is 7.45. The molecule has 7 rings (SSSR count). The number of fused-ring (bicyclic) bond motifs is 5. The van der Waals surface area contributed by atoms with Crippen molar-refractivity contribution in [2.24, 2.45) is 5.92 Å². The van der Waals surface area contributed by atoms with E-state index in [9.17, 15) is 4.79 Å². The van der Waals surface area contributed by atoms with Crippen molar-refractivity contribution in [3.8, 4) is 11.5 Å². The number of aromatic amines is 1. The van der Waals surface area contributed by atoms with Crippen LogP contribution in [0.15, 0.2) is 60.9 Å². The van der Waals surface area contributed by atoms with Gasteiger partial charge in [0.2, 0.25) is 0 Å². The fourth-order valence-corrected chi connectivity index (χ4v) is 6.55. The average Bonchev–Trinajstić information content (AvgIpc) is 3.40. The predicted octanol–water partition coefficient (Wildman–Crippen LogP) is 5.03. The fraction of sp³-hybridized carbons (Fsp3) is 0.414. The molecule has 5 nitrogen and oxygen atoms in total. The first-order chi connectivity index (χ1) is 16.6. The molecule has 1 amide bonds. The van der Waals surface area contributed by atoms with Gasteiger partial charge < -0.3 is 19.1 Å². The molecule has 4 aliphatic rings. The zero-order chi connectivity index (χ0) is 23.1. The number of piperidine rings is 3. The first-order valence-corrected chi connectivity index (χ1v) is 12.7. The normalized spacial score (nSPS) is 24.7. The molecule has 3 aromatic rings. The summed E-state index contributed by atoms with van der Waals surface area (Å²) in [5.74, 6) is 2.32. The Kier molecular flexibility index (Phi) is 5.45. The standard InChI is InChI=1S/C29H34N3O2/c1-31(26-20-32(16-12-22(26)13-17-32)15-5-6-21-11-14-30-19-21)29(33)25-9-4-8-24-18-23-7-2-3-10-27(23)34-28(24)25/h2-4,7-11,14,19,22,26,30H,5-6,12-13,15-18,20H2,1H3/q+1/t22?,26-,32?/m0/s1. The summed E-state index contributed by atoms with van der Waals surface area (Å²) in [4.78, 5) is 19.0. The van der Waals surface area contributed by atoms with Crippen LogP contribution in [0.2, 0.25) is 0 Å². The van der Waals surface area contributed by atoms with Gasteiger partial charge in [0.05, 0.1) is 37.8 Å². The number of benzene rings is 2. The lowest BCUT2D eigenvalue weighted by Crippen LogP contribution is -2.67. The second kappa shape index (κ2) is 8.62. The Morgan fingerprint density at radius 2 is 1.91 bits per heavy atom. The number of aromatic nitrogens is 1. The Labute approximate surface area is 201 Å². The molecule has 176 valence electrons. The molecule has 4 aliphatic heterocycles. The molecule has 3 fully saturated rings. The molecule has 0 aliphatic carbocycles. The smallest absolute Gasteiger partial charge is 0.257 e. The summed E-state index contributed by atoms with van der Waals surface area (Å²) in [7, 11) is 2.02. The van der Waals surface area contributed by atoms with E-state index in [0.29, 0.717) is 17.5 Å². The van der Waals surface area contributed by atoms with Crippen molar-refractivity contribution in [1.82, 2.24) is 9.88 Å². The largest absolute Gasteiger partial charge is 0.456 e. The highest BCUT2D eigenvalue weighted by atomic mass is 16.5. The highest BCUT2D eigenvalue weighted by molar-refractivity contribution is 5.97. The third kappa shape index (κ3) is 3.82. The van der Waals surface area contributed by atoms with E-state index in [1.54, 1.807) is 0 Å². The number of amides is 1. The molecular formula is C29H34N3O2+. The van der Waals surface area contributed by atoms with Gasteiger partial charge in [-0.15, -0.1) is 0 Å². The highest BCUT2D eigenvalue weighted by Gasteiger charge is 2.48. The number of likely N-dealkylation sites (N-methyl/N-ethyl adjacent to an activating group) is 1. The van der Waals surface area contributed by atoms with E-state index in [0.717, 1.165) is 36.4 Å². The van der Waals surface area contributed by atoms with Gasteiger partial charge in [-0.25, -0.2) is 0 Å². The zero-order valence-corrected chi connectivity index (χ0v) is 20.0. The van der Waals surface area contributed by atoms with E-state index in [2.05, 4.69) is 29.4 Å². The lowest BCUT2D eigenvalue weighted by Gasteiger charge is -2.54. The maximum absolute atomic E-state index is 13.8. The van der Waals surface area contributed by atoms with Crippen LogP contribution in [0.4, 0.5) is 0 Å². The molecule has 0 saturated carbocycles. The molecule has 2 aromatic carbocycles. The molecule has 3 saturated heterocycles. The van der Waals surface area contributed by atoms with Gasteiger partial charge in [-0.1, -0.05) is 30.3 Å². The van der Waals surface area contributed by atoms with E-state index in [1.807, 2.05) is 48.5 Å². The molecule has 0 radical (unpaired) electrons. The van der Waals surface area contributed by atoms with E-state index in [1.165, 1.54) is 54.5 Å². The summed E-state index contributed by atoms with van der Waals surface area (Å²) in [6.07, 6.45) is 9.71. The van der Waals surface area contributed by atoms with Gasteiger partial charge in [0, 0.05) is 50.7 Å². The van der Waals surface area contributed by atoms with Crippen LogP contribution in [0.25, 0.3) is 0 Å². The second-order valence-corrected chi connectivity index (χ2v) is 10.5. The topological polar surface area (TPSA) is 45.3 Å². The van der Waals surface area contributed by atoms with Gasteiger partial charge in [-0.2, -0.15) is 0 Å². The van der Waals surface area contributed by atoms with Crippen molar-refractivity contribution < 1.29 is 14.0 Å². The average molecular weight is 457 g/mol. The third-order valence-corrected chi connectivity index (χ3v) is 8.54. The van der Waals surface area contributed by atoms with Crippen LogP contribution in [0, 0.1) is 5.92 Å². The van der Waals surface area contributed by atoms with Gasteiger partial charge >= 0.3 is 0 Å². The molecule has 1 aromatic heterocycles. The van der Waals surface area contributed by atoms with Crippen LogP contribution < -0.4 is 4.74 Å². The van der Waals surface area contributed by atoms with Crippen LogP contribution in [0.5, 0.6) is 11.5 Å². The minimum absolute atomic E-state index is 0.0976. The lowest BCUT2D eigenvalue weighted by molar-refractivity contribution is -0.945. The summed E-state index contributed by atoms with van der Waals surface area (Å²) in [5, 5.41) is 0. The van der Waals surface area contributed by atoms with Crippen LogP contribution in [0.3, 0.4) is 0 Å². The molecule has 2 bridgehead atoms. The number of H-pyrrole nitrogens is 1. The van der Waals surface area contributed by atoms with Crippen LogP contribution >= 0.6 is 0 Å². The lowest BCUT2D eigenvalue weighted by atomic mass is 9.80. The number of nitrogens with one attached hydrogen (secondary N) is 1. The number of para-hydroxylation sites is 2. The van der Waals surface area contributed by atoms with Crippen molar-refractivity contribution in [3.63, 3.8) is 0 Å². The number of quaternary nitrogens is 1. The molecule has 0 spiro atoms. The van der Waals surface area contributed by atoms with Crippen LogP contribution in [0.1, 0.15) is 46.3 Å². The Hall–Kier alpha value is -3.05. The van der Waals surface area contributed by atoms with Gasteiger partial charge in [0.15, 0.2) is 0 Å². The van der Waals surface area contributed by atoms with E-state index < -0.39 is 0 Å². The van der Waals surface area contributed by atoms with Gasteiger partial charge in [0.25, 0.3) is 5.91 Å². The highest BCUT2D eigenvalue weighted by Crippen LogP contribution is 2.41. The Balaban J connectivity index is 1.19. The van der Waals surface area contributed by atoms with E-state index >= 15 is 0 Å². The number of carbonyl (C=O) groups excluding carboxylic acids is 1. The van der Waals surface area contributed by atoms with Crippen LogP contribution in [-0.2, 0) is 12.8 Å². The van der Waals surface area contributed by atoms with Gasteiger partial charge in [-0.3, -0.25) is 4.79 Å². The minimum Gasteiger partial charge on any atom is -0.456 e. The van der Waals surface area contributed by atoms with E-state index in [4.69, 9.17) is 4.74 Å². The SMILES string of the molecule is CN(C(=O)c1cccc2c1Oc1ccccc1C2)[C@H]1C[N+]2(CCCc3cc[nH]c3)CCC1CC2. The number of hydrogen-bond donors (Lipinski definition) is 1. The minimum atomic E-state index is 0.0976.